The Morgan fingerprint density at radius 2 is 2.09 bits per heavy atom. The second-order valence-electron chi connectivity index (χ2n) is 2.57. The van der Waals surface area contributed by atoms with Crippen LogP contribution in [0.25, 0.3) is 0 Å². The molecule has 58 valence electrons. The predicted molar refractivity (Wildman–Crippen MR) is 59.1 cm³/mol. The van der Waals surface area contributed by atoms with Crippen LogP contribution in [-0.2, 0) is 11.5 Å². The number of rotatable bonds is 1. The van der Waals surface area contributed by atoms with E-state index in [-0.39, 0.29) is 0 Å². The minimum Gasteiger partial charge on any atom is -0.328 e. The highest BCUT2D eigenvalue weighted by molar-refractivity contribution is 14.1. The van der Waals surface area contributed by atoms with Gasteiger partial charge in [0, 0.05) is 17.2 Å². The van der Waals surface area contributed by atoms with Crippen LogP contribution in [0, 0.1) is 0 Å². The molecule has 11 heavy (non-hydrogen) atoms. The molecule has 1 nitrogen and oxygen atoms in total. The first-order valence-electron chi connectivity index (χ1n) is 3.46. The van der Waals surface area contributed by atoms with Gasteiger partial charge in [0.2, 0.25) is 0 Å². The van der Waals surface area contributed by atoms with Gasteiger partial charge in [0.25, 0.3) is 0 Å². The fourth-order valence-corrected chi connectivity index (χ4v) is 2.66. The first-order chi connectivity index (χ1) is 5.40. The van der Waals surface area contributed by atoms with E-state index in [1.165, 1.54) is 28.3 Å². The third-order valence-electron chi connectivity index (χ3n) is 1.83. The van der Waals surface area contributed by atoms with E-state index in [0.717, 1.165) is 0 Å². The molecule has 1 aromatic carbocycles. The van der Waals surface area contributed by atoms with Crippen molar-refractivity contribution in [1.82, 2.24) is 0 Å². The normalized spacial score (nSPS) is 14.6. The molecule has 1 aliphatic rings. The number of benzene rings is 1. The van der Waals surface area contributed by atoms with Gasteiger partial charge in [-0.05, 0) is 23.3 Å². The zero-order valence-corrected chi connectivity index (χ0v) is 8.91. The molecule has 0 atom stereocenters. The van der Waals surface area contributed by atoms with Crippen LogP contribution >= 0.6 is 34.6 Å². The van der Waals surface area contributed by atoms with Crippen molar-refractivity contribution < 1.29 is 0 Å². The van der Waals surface area contributed by atoms with Gasteiger partial charge >= 0.3 is 0 Å². The van der Waals surface area contributed by atoms with E-state index in [0.29, 0.717) is 0 Å². The van der Waals surface area contributed by atoms with Gasteiger partial charge in [-0.2, -0.15) is 11.8 Å². The average molecular weight is 277 g/mol. The maximum absolute atomic E-state index is 3.12. The molecule has 0 fully saturated rings. The van der Waals surface area contributed by atoms with E-state index in [1.807, 2.05) is 11.8 Å². The molecule has 1 aromatic rings. The van der Waals surface area contributed by atoms with Crippen molar-refractivity contribution in [2.45, 2.75) is 11.5 Å². The lowest BCUT2D eigenvalue weighted by Gasteiger charge is -2.00. The van der Waals surface area contributed by atoms with Gasteiger partial charge in [-0.1, -0.05) is 6.07 Å². The predicted octanol–water partition coefficient (Wildman–Crippen LogP) is 3.20. The van der Waals surface area contributed by atoms with Crippen LogP contribution in [0.2, 0.25) is 0 Å². The number of thioether (sulfide) groups is 1. The highest BCUT2D eigenvalue weighted by Crippen LogP contribution is 2.31. The Hall–Kier alpha value is 0.100. The largest absolute Gasteiger partial charge is 0.328 e. The molecule has 0 aliphatic carbocycles. The van der Waals surface area contributed by atoms with Gasteiger partial charge in [0.05, 0.1) is 22.9 Å². The Bertz CT molecular complexity index is 275. The van der Waals surface area contributed by atoms with Crippen molar-refractivity contribution >= 4 is 40.3 Å². The summed E-state index contributed by atoms with van der Waals surface area (Å²) >= 11 is 4.15. The zero-order valence-electron chi connectivity index (χ0n) is 5.93. The van der Waals surface area contributed by atoms with Gasteiger partial charge in [0.15, 0.2) is 0 Å². The minimum absolute atomic E-state index is 1.18. The molecule has 0 spiro atoms. The van der Waals surface area contributed by atoms with Gasteiger partial charge in [-0.15, -0.1) is 0 Å². The van der Waals surface area contributed by atoms with E-state index in [1.54, 1.807) is 0 Å². The number of fused-ring (bicyclic) bond motifs is 1. The van der Waals surface area contributed by atoms with E-state index >= 15 is 0 Å². The third kappa shape index (κ3) is 1.49. The molecule has 0 amide bonds. The topological polar surface area (TPSA) is 12.0 Å². The summed E-state index contributed by atoms with van der Waals surface area (Å²) < 4.78 is 3.12. The zero-order chi connectivity index (χ0) is 7.68. The Morgan fingerprint density at radius 3 is 2.91 bits per heavy atom. The summed E-state index contributed by atoms with van der Waals surface area (Å²) in [6, 6.07) is 6.59. The Labute approximate surface area is 84.4 Å². The van der Waals surface area contributed by atoms with Crippen molar-refractivity contribution in [3.05, 3.63) is 29.3 Å². The summed E-state index contributed by atoms with van der Waals surface area (Å²) in [6.45, 7) is 0. The average Bonchev–Trinajstić information content (AvgIpc) is 2.50. The summed E-state index contributed by atoms with van der Waals surface area (Å²) in [7, 11) is 0. The van der Waals surface area contributed by atoms with Crippen molar-refractivity contribution in [2.24, 2.45) is 0 Å². The molecule has 0 saturated heterocycles. The molecule has 0 radical (unpaired) electrons. The fraction of sp³-hybridized carbons (Fsp3) is 0.250. The Balaban J connectivity index is 2.41. The van der Waals surface area contributed by atoms with Crippen molar-refractivity contribution in [2.75, 3.05) is 3.53 Å². The highest BCUT2D eigenvalue weighted by atomic mass is 127. The van der Waals surface area contributed by atoms with Crippen LogP contribution in [0.3, 0.4) is 0 Å². The second kappa shape index (κ2) is 3.23. The third-order valence-corrected chi connectivity index (χ3v) is 3.48. The molecule has 0 bridgehead atoms. The van der Waals surface area contributed by atoms with Crippen LogP contribution in [0.15, 0.2) is 18.2 Å². The molecule has 0 saturated carbocycles. The monoisotopic (exact) mass is 277 g/mol. The van der Waals surface area contributed by atoms with E-state index in [4.69, 9.17) is 0 Å². The molecule has 1 aliphatic heterocycles. The first-order valence-corrected chi connectivity index (χ1v) is 5.69. The summed E-state index contributed by atoms with van der Waals surface area (Å²) in [5, 5.41) is 0. The smallest absolute Gasteiger partial charge is 0.0560 e. The summed E-state index contributed by atoms with van der Waals surface area (Å²) in [5.41, 5.74) is 4.22. The summed E-state index contributed by atoms with van der Waals surface area (Å²) in [6.07, 6.45) is 0. The maximum atomic E-state index is 3.12. The van der Waals surface area contributed by atoms with Crippen molar-refractivity contribution in [3.63, 3.8) is 0 Å². The fourth-order valence-electron chi connectivity index (χ4n) is 1.23. The van der Waals surface area contributed by atoms with Gasteiger partial charge in [0.1, 0.15) is 0 Å². The molecule has 0 unspecified atom stereocenters. The molecular formula is C8H8INS. The number of halogens is 1. The van der Waals surface area contributed by atoms with Crippen LogP contribution in [-0.4, -0.2) is 0 Å². The van der Waals surface area contributed by atoms with E-state index in [2.05, 4.69) is 44.6 Å². The molecule has 1 heterocycles. The van der Waals surface area contributed by atoms with Crippen molar-refractivity contribution in [1.29, 1.82) is 0 Å². The molecule has 3 heteroatoms. The van der Waals surface area contributed by atoms with Crippen LogP contribution in [0.1, 0.15) is 11.1 Å². The molecule has 1 N–H and O–H groups in total. The highest BCUT2D eigenvalue weighted by Gasteiger charge is 2.10. The van der Waals surface area contributed by atoms with E-state index < -0.39 is 0 Å². The van der Waals surface area contributed by atoms with Crippen LogP contribution < -0.4 is 3.53 Å². The number of hydrogen-bond acceptors (Lipinski definition) is 2. The van der Waals surface area contributed by atoms with Gasteiger partial charge in [-0.3, -0.25) is 0 Å². The lowest BCUT2D eigenvalue weighted by molar-refractivity contribution is 1.35. The van der Waals surface area contributed by atoms with Crippen LogP contribution in [0.5, 0.6) is 0 Å². The summed E-state index contributed by atoms with van der Waals surface area (Å²) in [5.74, 6) is 2.37. The van der Waals surface area contributed by atoms with Crippen LogP contribution in [0.4, 0.5) is 5.69 Å². The number of anilines is 1. The Morgan fingerprint density at radius 1 is 1.27 bits per heavy atom. The van der Waals surface area contributed by atoms with E-state index in [9.17, 15) is 0 Å². The minimum atomic E-state index is 1.18. The lowest BCUT2D eigenvalue weighted by Crippen LogP contribution is -1.84. The lowest BCUT2D eigenvalue weighted by atomic mass is 10.1. The molecule has 2 rings (SSSR count). The maximum Gasteiger partial charge on any atom is 0.0560 e. The number of nitrogens with one attached hydrogen (secondary N) is 1. The second-order valence-corrected chi connectivity index (χ2v) is 4.10. The van der Waals surface area contributed by atoms with Gasteiger partial charge < -0.3 is 3.53 Å². The Kier molecular flexibility index (Phi) is 2.27. The SMILES string of the molecule is INc1ccc2c(c1)CSC2. The van der Waals surface area contributed by atoms with Gasteiger partial charge in [-0.25, -0.2) is 0 Å². The summed E-state index contributed by atoms with van der Waals surface area (Å²) in [4.78, 5) is 0. The quantitative estimate of drug-likeness (QED) is 0.625. The molecule has 0 aromatic heterocycles. The van der Waals surface area contributed by atoms with Crippen molar-refractivity contribution in [3.8, 4) is 0 Å². The first kappa shape index (κ1) is 7.73. The molecular weight excluding hydrogens is 269 g/mol. The standard InChI is InChI=1S/C8H8INS/c9-10-8-2-1-6-4-11-5-7(6)3-8/h1-3,10H,4-5H2. The number of hydrogen-bond donors (Lipinski definition) is 1.